The van der Waals surface area contributed by atoms with Crippen LogP contribution in [0, 0.1) is 5.92 Å². The topological polar surface area (TPSA) is 76.7 Å². The quantitative estimate of drug-likeness (QED) is 0.830. The van der Waals surface area contributed by atoms with Crippen LogP contribution in [0.1, 0.15) is 55.3 Å². The van der Waals surface area contributed by atoms with E-state index in [1.165, 1.54) is 20.6 Å². The minimum absolute atomic E-state index is 0.0427. The van der Waals surface area contributed by atoms with Gasteiger partial charge in [0.15, 0.2) is 11.5 Å². The number of anilines is 1. The van der Waals surface area contributed by atoms with E-state index >= 15 is 0 Å². The van der Waals surface area contributed by atoms with Crippen LogP contribution in [0.5, 0.6) is 11.5 Å². The second-order valence-corrected chi connectivity index (χ2v) is 6.82. The molecule has 0 atom stereocenters. The SMILES string of the molecule is COc1cc(NC(=O)C2CC2)c(C(=O)NC2CCCCC2)cc1OC. The van der Waals surface area contributed by atoms with Crippen LogP contribution >= 0.6 is 0 Å². The molecule has 6 nitrogen and oxygen atoms in total. The van der Waals surface area contributed by atoms with Gasteiger partial charge in [-0.2, -0.15) is 0 Å². The number of amides is 2. The lowest BCUT2D eigenvalue weighted by atomic mass is 9.95. The molecule has 3 rings (SSSR count). The summed E-state index contributed by atoms with van der Waals surface area (Å²) in [5.41, 5.74) is 0.889. The number of carbonyl (C=O) groups excluding carboxylic acids is 2. The van der Waals surface area contributed by atoms with Gasteiger partial charge in [0.2, 0.25) is 5.91 Å². The van der Waals surface area contributed by atoms with Gasteiger partial charge in [0, 0.05) is 18.0 Å². The van der Waals surface area contributed by atoms with Crippen molar-refractivity contribution in [3.05, 3.63) is 17.7 Å². The average molecular weight is 346 g/mol. The van der Waals surface area contributed by atoms with Crippen molar-refractivity contribution in [2.24, 2.45) is 5.92 Å². The number of ether oxygens (including phenoxy) is 2. The predicted octanol–water partition coefficient (Wildman–Crippen LogP) is 3.11. The molecule has 2 saturated carbocycles. The summed E-state index contributed by atoms with van der Waals surface area (Å²) < 4.78 is 10.6. The monoisotopic (exact) mass is 346 g/mol. The summed E-state index contributed by atoms with van der Waals surface area (Å²) in [6.07, 6.45) is 7.33. The molecule has 2 N–H and O–H groups in total. The van der Waals surface area contributed by atoms with E-state index in [4.69, 9.17) is 9.47 Å². The highest BCUT2D eigenvalue weighted by Crippen LogP contribution is 2.36. The molecule has 0 aliphatic heterocycles. The number of carbonyl (C=O) groups is 2. The van der Waals surface area contributed by atoms with Crippen molar-refractivity contribution in [3.63, 3.8) is 0 Å². The van der Waals surface area contributed by atoms with Gasteiger partial charge in [-0.05, 0) is 31.7 Å². The van der Waals surface area contributed by atoms with Crippen molar-refractivity contribution in [2.45, 2.75) is 51.0 Å². The highest BCUT2D eigenvalue weighted by Gasteiger charge is 2.31. The van der Waals surface area contributed by atoms with Crippen molar-refractivity contribution in [2.75, 3.05) is 19.5 Å². The maximum absolute atomic E-state index is 12.8. The van der Waals surface area contributed by atoms with Crippen LogP contribution in [0.15, 0.2) is 12.1 Å². The van der Waals surface area contributed by atoms with Crippen LogP contribution in [-0.4, -0.2) is 32.1 Å². The van der Waals surface area contributed by atoms with Crippen LogP contribution in [0.25, 0.3) is 0 Å². The predicted molar refractivity (Wildman–Crippen MR) is 95.2 cm³/mol. The van der Waals surface area contributed by atoms with E-state index in [0.29, 0.717) is 22.7 Å². The molecule has 0 saturated heterocycles. The molecular weight excluding hydrogens is 320 g/mol. The third-order valence-corrected chi connectivity index (χ3v) is 4.91. The first kappa shape index (κ1) is 17.6. The molecule has 2 aliphatic carbocycles. The Bertz CT molecular complexity index is 649. The first-order chi connectivity index (χ1) is 12.1. The normalized spacial score (nSPS) is 17.7. The Morgan fingerprint density at radius 2 is 1.60 bits per heavy atom. The molecule has 0 bridgehead atoms. The summed E-state index contributed by atoms with van der Waals surface area (Å²) in [5.74, 6) is 0.795. The minimum atomic E-state index is -0.182. The van der Waals surface area contributed by atoms with E-state index in [1.54, 1.807) is 12.1 Å². The molecule has 0 heterocycles. The highest BCUT2D eigenvalue weighted by molar-refractivity contribution is 6.05. The molecule has 25 heavy (non-hydrogen) atoms. The summed E-state index contributed by atoms with van der Waals surface area (Å²) >= 11 is 0. The van der Waals surface area contributed by atoms with E-state index in [2.05, 4.69) is 10.6 Å². The first-order valence-electron chi connectivity index (χ1n) is 9.00. The lowest BCUT2D eigenvalue weighted by Gasteiger charge is -2.23. The van der Waals surface area contributed by atoms with Gasteiger partial charge >= 0.3 is 0 Å². The lowest BCUT2D eigenvalue weighted by molar-refractivity contribution is -0.117. The Morgan fingerprint density at radius 3 is 2.20 bits per heavy atom. The Kier molecular flexibility index (Phi) is 5.46. The van der Waals surface area contributed by atoms with Gasteiger partial charge in [-0.1, -0.05) is 19.3 Å². The number of nitrogens with one attached hydrogen (secondary N) is 2. The molecule has 0 aromatic heterocycles. The number of benzene rings is 1. The minimum Gasteiger partial charge on any atom is -0.493 e. The zero-order valence-electron chi connectivity index (χ0n) is 14.9. The Labute approximate surface area is 148 Å². The largest absolute Gasteiger partial charge is 0.493 e. The average Bonchev–Trinajstić information content (AvgIpc) is 3.47. The number of hydrogen-bond acceptors (Lipinski definition) is 4. The van der Waals surface area contributed by atoms with Crippen molar-refractivity contribution >= 4 is 17.5 Å². The van der Waals surface area contributed by atoms with Gasteiger partial charge in [0.1, 0.15) is 0 Å². The molecule has 0 spiro atoms. The molecule has 1 aromatic carbocycles. The van der Waals surface area contributed by atoms with Crippen LogP contribution in [0.2, 0.25) is 0 Å². The van der Waals surface area contributed by atoms with Crippen LogP contribution in [-0.2, 0) is 4.79 Å². The van der Waals surface area contributed by atoms with Crippen molar-refractivity contribution in [3.8, 4) is 11.5 Å². The smallest absolute Gasteiger partial charge is 0.253 e. The summed E-state index contributed by atoms with van der Waals surface area (Å²) in [5, 5.41) is 5.98. The van der Waals surface area contributed by atoms with Crippen molar-refractivity contribution < 1.29 is 19.1 Å². The molecule has 2 amide bonds. The summed E-state index contributed by atoms with van der Waals surface area (Å²) in [4.78, 5) is 25.0. The van der Waals surface area contributed by atoms with Gasteiger partial charge in [0.25, 0.3) is 5.91 Å². The molecule has 2 aliphatic rings. The Morgan fingerprint density at radius 1 is 0.960 bits per heavy atom. The van der Waals surface area contributed by atoms with Gasteiger partial charge in [0.05, 0.1) is 25.5 Å². The Balaban J connectivity index is 1.85. The Hall–Kier alpha value is -2.24. The standard InChI is InChI=1S/C19H26N2O4/c1-24-16-10-14(19(23)20-13-6-4-3-5-7-13)15(11-17(16)25-2)21-18(22)12-8-9-12/h10-13H,3-9H2,1-2H3,(H,20,23)(H,21,22). The highest BCUT2D eigenvalue weighted by atomic mass is 16.5. The number of methoxy groups -OCH3 is 2. The summed E-state index contributed by atoms with van der Waals surface area (Å²) in [7, 11) is 3.06. The molecule has 0 unspecified atom stereocenters. The third kappa shape index (κ3) is 4.24. The molecular formula is C19H26N2O4. The second kappa shape index (κ2) is 7.76. The summed E-state index contributed by atoms with van der Waals surface area (Å²) in [6, 6.07) is 3.50. The van der Waals surface area contributed by atoms with E-state index < -0.39 is 0 Å². The van der Waals surface area contributed by atoms with Crippen LogP contribution < -0.4 is 20.1 Å². The van der Waals surface area contributed by atoms with Gasteiger partial charge in [-0.15, -0.1) is 0 Å². The van der Waals surface area contributed by atoms with E-state index in [-0.39, 0.29) is 23.8 Å². The molecule has 0 radical (unpaired) electrons. The van der Waals surface area contributed by atoms with Crippen molar-refractivity contribution in [1.82, 2.24) is 5.32 Å². The zero-order valence-corrected chi connectivity index (χ0v) is 14.9. The molecule has 2 fully saturated rings. The van der Waals surface area contributed by atoms with Gasteiger partial charge in [-0.25, -0.2) is 0 Å². The number of rotatable bonds is 6. The third-order valence-electron chi connectivity index (χ3n) is 4.91. The van der Waals surface area contributed by atoms with E-state index in [1.807, 2.05) is 0 Å². The van der Waals surface area contributed by atoms with Crippen molar-refractivity contribution in [1.29, 1.82) is 0 Å². The van der Waals surface area contributed by atoms with E-state index in [9.17, 15) is 9.59 Å². The zero-order chi connectivity index (χ0) is 17.8. The number of hydrogen-bond donors (Lipinski definition) is 2. The van der Waals surface area contributed by atoms with Crippen LogP contribution in [0.3, 0.4) is 0 Å². The van der Waals surface area contributed by atoms with E-state index in [0.717, 1.165) is 38.5 Å². The van der Waals surface area contributed by atoms with Gasteiger partial charge < -0.3 is 20.1 Å². The summed E-state index contributed by atoms with van der Waals surface area (Å²) in [6.45, 7) is 0. The van der Waals surface area contributed by atoms with Gasteiger partial charge in [-0.3, -0.25) is 9.59 Å². The maximum atomic E-state index is 12.8. The first-order valence-corrected chi connectivity index (χ1v) is 9.00. The van der Waals surface area contributed by atoms with Crippen LogP contribution in [0.4, 0.5) is 5.69 Å². The second-order valence-electron chi connectivity index (χ2n) is 6.82. The maximum Gasteiger partial charge on any atom is 0.253 e. The fourth-order valence-electron chi connectivity index (χ4n) is 3.26. The fourth-order valence-corrected chi connectivity index (χ4v) is 3.26. The molecule has 6 heteroatoms. The molecule has 1 aromatic rings. The molecule has 136 valence electrons. The fraction of sp³-hybridized carbons (Fsp3) is 0.579. The lowest BCUT2D eigenvalue weighted by Crippen LogP contribution is -2.36.